The number of hydrogen-bond donors (Lipinski definition) is 0. The quantitative estimate of drug-likeness (QED) is 0.763. The predicted octanol–water partition coefficient (Wildman–Crippen LogP) is 2.77. The first kappa shape index (κ1) is 12.4. The SMILES string of the molecule is Cc1ccc(F)c(C(=O)c2cc(C)nnc2C)c1. The second kappa shape index (κ2) is 4.64. The Labute approximate surface area is 105 Å². The third-order valence-electron chi connectivity index (χ3n) is 2.71. The Balaban J connectivity index is 2.54. The Hall–Kier alpha value is -2.10. The van der Waals surface area contributed by atoms with Crippen molar-refractivity contribution < 1.29 is 9.18 Å². The smallest absolute Gasteiger partial charge is 0.197 e. The van der Waals surface area contributed by atoms with Crippen molar-refractivity contribution in [3.8, 4) is 0 Å². The van der Waals surface area contributed by atoms with E-state index >= 15 is 0 Å². The predicted molar refractivity (Wildman–Crippen MR) is 66.1 cm³/mol. The van der Waals surface area contributed by atoms with Crippen LogP contribution in [0.5, 0.6) is 0 Å². The van der Waals surface area contributed by atoms with Crippen LogP contribution < -0.4 is 0 Å². The molecule has 1 aromatic carbocycles. The van der Waals surface area contributed by atoms with Gasteiger partial charge in [-0.25, -0.2) is 4.39 Å². The summed E-state index contributed by atoms with van der Waals surface area (Å²) in [4.78, 5) is 12.3. The highest BCUT2D eigenvalue weighted by Gasteiger charge is 2.17. The number of nitrogens with zero attached hydrogens (tertiary/aromatic N) is 2. The summed E-state index contributed by atoms with van der Waals surface area (Å²) in [5.41, 5.74) is 2.46. The van der Waals surface area contributed by atoms with Crippen LogP contribution in [0.4, 0.5) is 4.39 Å². The van der Waals surface area contributed by atoms with Crippen LogP contribution >= 0.6 is 0 Å². The van der Waals surface area contributed by atoms with Crippen molar-refractivity contribution >= 4 is 5.78 Å². The molecule has 0 spiro atoms. The maximum Gasteiger partial charge on any atom is 0.197 e. The number of carbonyl (C=O) groups excluding carboxylic acids is 1. The van der Waals surface area contributed by atoms with Crippen molar-refractivity contribution in [1.29, 1.82) is 0 Å². The Morgan fingerprint density at radius 3 is 2.50 bits per heavy atom. The second-order valence-electron chi connectivity index (χ2n) is 4.30. The highest BCUT2D eigenvalue weighted by molar-refractivity contribution is 6.09. The van der Waals surface area contributed by atoms with Crippen molar-refractivity contribution in [3.63, 3.8) is 0 Å². The van der Waals surface area contributed by atoms with Gasteiger partial charge in [0.15, 0.2) is 5.78 Å². The third kappa shape index (κ3) is 2.27. The molecule has 0 radical (unpaired) electrons. The van der Waals surface area contributed by atoms with Gasteiger partial charge in [-0.2, -0.15) is 10.2 Å². The molecule has 0 saturated heterocycles. The summed E-state index contributed by atoms with van der Waals surface area (Å²) in [5.74, 6) is -0.869. The lowest BCUT2D eigenvalue weighted by atomic mass is 10.00. The van der Waals surface area contributed by atoms with E-state index in [4.69, 9.17) is 0 Å². The minimum Gasteiger partial charge on any atom is -0.288 e. The minimum atomic E-state index is -0.514. The van der Waals surface area contributed by atoms with Crippen LogP contribution in [0.25, 0.3) is 0 Å². The molecule has 92 valence electrons. The zero-order valence-corrected chi connectivity index (χ0v) is 10.5. The van der Waals surface area contributed by atoms with E-state index in [9.17, 15) is 9.18 Å². The van der Waals surface area contributed by atoms with Gasteiger partial charge in [0.05, 0.1) is 17.0 Å². The number of ketones is 1. The molecule has 0 amide bonds. The molecule has 4 heteroatoms. The van der Waals surface area contributed by atoms with Gasteiger partial charge in [-0.1, -0.05) is 11.6 Å². The lowest BCUT2D eigenvalue weighted by molar-refractivity contribution is 0.103. The second-order valence-corrected chi connectivity index (χ2v) is 4.30. The number of benzene rings is 1. The van der Waals surface area contributed by atoms with Crippen molar-refractivity contribution in [1.82, 2.24) is 10.2 Å². The van der Waals surface area contributed by atoms with Crippen LogP contribution in [0.3, 0.4) is 0 Å². The number of carbonyl (C=O) groups is 1. The molecule has 0 aliphatic rings. The maximum absolute atomic E-state index is 13.7. The van der Waals surface area contributed by atoms with E-state index in [2.05, 4.69) is 10.2 Å². The largest absolute Gasteiger partial charge is 0.288 e. The molecule has 0 atom stereocenters. The molecule has 0 bridgehead atoms. The summed E-state index contributed by atoms with van der Waals surface area (Å²) in [6.07, 6.45) is 0. The fourth-order valence-corrected chi connectivity index (χ4v) is 1.74. The highest BCUT2D eigenvalue weighted by Crippen LogP contribution is 2.17. The Bertz CT molecular complexity index is 570. The number of aryl methyl sites for hydroxylation is 3. The number of hydrogen-bond acceptors (Lipinski definition) is 3. The molecule has 0 aliphatic heterocycles. The first-order chi connectivity index (χ1) is 8.49. The normalized spacial score (nSPS) is 10.4. The molecule has 3 nitrogen and oxygen atoms in total. The highest BCUT2D eigenvalue weighted by atomic mass is 19.1. The number of halogens is 1. The van der Waals surface area contributed by atoms with Crippen LogP contribution in [0.15, 0.2) is 24.3 Å². The van der Waals surface area contributed by atoms with Gasteiger partial charge in [0.2, 0.25) is 0 Å². The van der Waals surface area contributed by atoms with Gasteiger partial charge in [0.25, 0.3) is 0 Å². The molecule has 0 saturated carbocycles. The van der Waals surface area contributed by atoms with E-state index in [0.717, 1.165) is 5.56 Å². The Morgan fingerprint density at radius 1 is 1.06 bits per heavy atom. The van der Waals surface area contributed by atoms with Crippen molar-refractivity contribution in [2.45, 2.75) is 20.8 Å². The van der Waals surface area contributed by atoms with Crippen LogP contribution in [0, 0.1) is 26.6 Å². The third-order valence-corrected chi connectivity index (χ3v) is 2.71. The van der Waals surface area contributed by atoms with Crippen LogP contribution in [0.2, 0.25) is 0 Å². The summed E-state index contributed by atoms with van der Waals surface area (Å²) in [5, 5.41) is 7.74. The van der Waals surface area contributed by atoms with Gasteiger partial charge in [-0.15, -0.1) is 0 Å². The van der Waals surface area contributed by atoms with E-state index in [1.807, 2.05) is 6.92 Å². The summed E-state index contributed by atoms with van der Waals surface area (Å²) in [7, 11) is 0. The van der Waals surface area contributed by atoms with E-state index in [-0.39, 0.29) is 11.3 Å². The van der Waals surface area contributed by atoms with Gasteiger partial charge in [-0.3, -0.25) is 4.79 Å². The Kier molecular flexibility index (Phi) is 3.19. The first-order valence-electron chi connectivity index (χ1n) is 5.61. The van der Waals surface area contributed by atoms with Crippen molar-refractivity contribution in [2.75, 3.05) is 0 Å². The minimum absolute atomic E-state index is 0.0745. The molecular formula is C14H13FN2O. The van der Waals surface area contributed by atoms with Crippen molar-refractivity contribution in [2.24, 2.45) is 0 Å². The molecule has 0 aliphatic carbocycles. The van der Waals surface area contributed by atoms with Crippen LogP contribution in [-0.4, -0.2) is 16.0 Å². The van der Waals surface area contributed by atoms with Crippen LogP contribution in [0.1, 0.15) is 32.9 Å². The van der Waals surface area contributed by atoms with Gasteiger partial charge < -0.3 is 0 Å². The lowest BCUT2D eigenvalue weighted by Gasteiger charge is -2.06. The lowest BCUT2D eigenvalue weighted by Crippen LogP contribution is -2.09. The number of aromatic nitrogens is 2. The average molecular weight is 244 g/mol. The first-order valence-corrected chi connectivity index (χ1v) is 5.61. The standard InChI is InChI=1S/C14H13FN2O/c1-8-4-5-13(15)12(6-8)14(18)11-7-9(2)16-17-10(11)3/h4-7H,1-3H3. The fraction of sp³-hybridized carbons (Fsp3) is 0.214. The van der Waals surface area contributed by atoms with Gasteiger partial charge in [-0.05, 0) is 39.0 Å². The van der Waals surface area contributed by atoms with Crippen LogP contribution in [-0.2, 0) is 0 Å². The summed E-state index contributed by atoms with van der Waals surface area (Å²) >= 11 is 0. The van der Waals surface area contributed by atoms with Gasteiger partial charge in [0, 0.05) is 5.56 Å². The molecule has 0 unspecified atom stereocenters. The summed E-state index contributed by atoms with van der Waals surface area (Å²) < 4.78 is 13.7. The monoisotopic (exact) mass is 244 g/mol. The van der Waals surface area contributed by atoms with E-state index in [1.54, 1.807) is 32.0 Å². The van der Waals surface area contributed by atoms with E-state index in [1.165, 1.54) is 6.07 Å². The zero-order valence-electron chi connectivity index (χ0n) is 10.5. The molecular weight excluding hydrogens is 231 g/mol. The molecule has 2 aromatic rings. The average Bonchev–Trinajstić information content (AvgIpc) is 2.34. The fourth-order valence-electron chi connectivity index (χ4n) is 1.74. The maximum atomic E-state index is 13.7. The van der Waals surface area contributed by atoms with Crippen molar-refractivity contribution in [3.05, 3.63) is 58.2 Å². The molecule has 1 aromatic heterocycles. The Morgan fingerprint density at radius 2 is 1.78 bits per heavy atom. The van der Waals surface area contributed by atoms with E-state index in [0.29, 0.717) is 17.0 Å². The zero-order chi connectivity index (χ0) is 13.3. The van der Waals surface area contributed by atoms with E-state index < -0.39 is 5.82 Å². The molecule has 0 N–H and O–H groups in total. The van der Waals surface area contributed by atoms with Gasteiger partial charge >= 0.3 is 0 Å². The summed E-state index contributed by atoms with van der Waals surface area (Å²) in [6, 6.07) is 6.12. The molecule has 0 fully saturated rings. The molecule has 18 heavy (non-hydrogen) atoms. The molecule has 1 heterocycles. The topological polar surface area (TPSA) is 42.9 Å². The number of rotatable bonds is 2. The molecule has 2 rings (SSSR count). The van der Waals surface area contributed by atoms with Gasteiger partial charge in [0.1, 0.15) is 5.82 Å². The summed E-state index contributed by atoms with van der Waals surface area (Å²) in [6.45, 7) is 5.25.